The Bertz CT molecular complexity index is 1210. The van der Waals surface area contributed by atoms with E-state index in [1.54, 1.807) is 30.7 Å². The lowest BCUT2D eigenvalue weighted by molar-refractivity contribution is 0.0940. The van der Waals surface area contributed by atoms with Gasteiger partial charge in [-0.3, -0.25) is 9.78 Å². The maximum atomic E-state index is 13.9. The average Bonchev–Trinajstić information content (AvgIpc) is 3.30. The molecule has 7 heteroatoms. The van der Waals surface area contributed by atoms with Gasteiger partial charge in [0, 0.05) is 37.0 Å². The molecule has 0 spiro atoms. The van der Waals surface area contributed by atoms with Crippen LogP contribution in [0.5, 0.6) is 0 Å². The fourth-order valence-electron chi connectivity index (χ4n) is 3.78. The second-order valence-corrected chi connectivity index (χ2v) is 7.55. The number of halogens is 1. The number of rotatable bonds is 6. The molecule has 4 aromatic rings. The molecule has 0 fully saturated rings. The Hall–Kier alpha value is -3.74. The SMILES string of the molecule is Cc1cc(C(=O)NC(c2cccc(F)c2)c2nccn2C)c(C)n1Cc1ccccn1. The maximum Gasteiger partial charge on any atom is 0.253 e. The minimum absolute atomic E-state index is 0.238. The smallest absolute Gasteiger partial charge is 0.253 e. The number of nitrogens with one attached hydrogen (secondary N) is 1. The number of carbonyl (C=O) groups excluding carboxylic acids is 1. The minimum Gasteiger partial charge on any atom is -0.342 e. The maximum absolute atomic E-state index is 13.9. The van der Waals surface area contributed by atoms with E-state index in [0.717, 1.165) is 17.1 Å². The molecule has 158 valence electrons. The summed E-state index contributed by atoms with van der Waals surface area (Å²) in [5.74, 6) is 0.0263. The summed E-state index contributed by atoms with van der Waals surface area (Å²) in [5, 5.41) is 3.05. The topological polar surface area (TPSA) is 64.7 Å². The van der Waals surface area contributed by atoms with Gasteiger partial charge >= 0.3 is 0 Å². The Morgan fingerprint density at radius 3 is 2.61 bits per heavy atom. The van der Waals surface area contributed by atoms with E-state index < -0.39 is 6.04 Å². The summed E-state index contributed by atoms with van der Waals surface area (Å²) in [6, 6.07) is 13.3. The molecule has 31 heavy (non-hydrogen) atoms. The zero-order valence-electron chi connectivity index (χ0n) is 17.7. The van der Waals surface area contributed by atoms with Gasteiger partial charge < -0.3 is 14.5 Å². The molecule has 0 aliphatic carbocycles. The van der Waals surface area contributed by atoms with Crippen LogP contribution in [0.1, 0.15) is 44.9 Å². The van der Waals surface area contributed by atoms with Crippen LogP contribution >= 0.6 is 0 Å². The molecule has 1 unspecified atom stereocenters. The first-order valence-corrected chi connectivity index (χ1v) is 10.0. The van der Waals surface area contributed by atoms with Crippen LogP contribution in [0.15, 0.2) is 67.1 Å². The molecule has 1 aromatic carbocycles. The largest absolute Gasteiger partial charge is 0.342 e. The predicted octanol–water partition coefficient (Wildman–Crippen LogP) is 3.94. The molecule has 1 amide bonds. The number of benzene rings is 1. The normalized spacial score (nSPS) is 12.0. The molecule has 3 aromatic heterocycles. The van der Waals surface area contributed by atoms with Crippen LogP contribution in [0.4, 0.5) is 4.39 Å². The zero-order valence-corrected chi connectivity index (χ0v) is 17.7. The van der Waals surface area contributed by atoms with Crippen molar-refractivity contribution in [3.63, 3.8) is 0 Å². The molecule has 6 nitrogen and oxygen atoms in total. The molecule has 0 saturated heterocycles. The van der Waals surface area contributed by atoms with Gasteiger partial charge in [-0.05, 0) is 49.7 Å². The second-order valence-electron chi connectivity index (χ2n) is 7.55. The van der Waals surface area contributed by atoms with Gasteiger partial charge in [0.2, 0.25) is 0 Å². The van der Waals surface area contributed by atoms with Gasteiger partial charge in [-0.15, -0.1) is 0 Å². The van der Waals surface area contributed by atoms with E-state index >= 15 is 0 Å². The highest BCUT2D eigenvalue weighted by Crippen LogP contribution is 2.23. The first kappa shape index (κ1) is 20.5. The van der Waals surface area contributed by atoms with E-state index in [1.807, 2.05) is 49.7 Å². The van der Waals surface area contributed by atoms with Crippen molar-refractivity contribution in [3.05, 3.63) is 107 Å². The van der Waals surface area contributed by atoms with Crippen LogP contribution in [0, 0.1) is 19.7 Å². The molecule has 1 atom stereocenters. The van der Waals surface area contributed by atoms with Gasteiger partial charge in [-0.25, -0.2) is 9.37 Å². The van der Waals surface area contributed by atoms with Crippen molar-refractivity contribution in [2.24, 2.45) is 7.05 Å². The van der Waals surface area contributed by atoms with Crippen LogP contribution in [0.25, 0.3) is 0 Å². The molecular weight excluding hydrogens is 393 g/mol. The van der Waals surface area contributed by atoms with E-state index in [0.29, 0.717) is 23.5 Å². The van der Waals surface area contributed by atoms with Gasteiger partial charge in [-0.1, -0.05) is 18.2 Å². The number of nitrogens with zero attached hydrogens (tertiary/aromatic N) is 4. The summed E-state index contributed by atoms with van der Waals surface area (Å²) in [5.41, 5.74) is 3.93. The molecule has 3 heterocycles. The molecule has 0 radical (unpaired) electrons. The van der Waals surface area contributed by atoms with Crippen molar-refractivity contribution in [1.29, 1.82) is 0 Å². The lowest BCUT2D eigenvalue weighted by Crippen LogP contribution is -2.31. The fraction of sp³-hybridized carbons (Fsp3) is 0.208. The van der Waals surface area contributed by atoms with Crippen LogP contribution in [0.2, 0.25) is 0 Å². The highest BCUT2D eigenvalue weighted by molar-refractivity contribution is 5.96. The Morgan fingerprint density at radius 2 is 1.94 bits per heavy atom. The summed E-state index contributed by atoms with van der Waals surface area (Å²) in [6.45, 7) is 4.47. The van der Waals surface area contributed by atoms with E-state index in [9.17, 15) is 9.18 Å². The molecule has 4 rings (SSSR count). The lowest BCUT2D eigenvalue weighted by atomic mass is 10.0. The van der Waals surface area contributed by atoms with Crippen molar-refractivity contribution in [1.82, 2.24) is 24.4 Å². The fourth-order valence-corrected chi connectivity index (χ4v) is 3.78. The molecule has 0 aliphatic rings. The van der Waals surface area contributed by atoms with Gasteiger partial charge in [0.1, 0.15) is 17.7 Å². The molecular formula is C24H24FN5O. The summed E-state index contributed by atoms with van der Waals surface area (Å²) < 4.78 is 17.8. The third kappa shape index (κ3) is 4.26. The molecule has 0 bridgehead atoms. The number of aryl methyl sites for hydroxylation is 2. The summed E-state index contributed by atoms with van der Waals surface area (Å²) in [7, 11) is 1.85. The monoisotopic (exact) mass is 417 g/mol. The number of carbonyl (C=O) groups is 1. The summed E-state index contributed by atoms with van der Waals surface area (Å²) in [6.07, 6.45) is 5.21. The number of amides is 1. The number of aromatic nitrogens is 4. The second kappa shape index (κ2) is 8.55. The van der Waals surface area contributed by atoms with E-state index in [1.165, 1.54) is 12.1 Å². The van der Waals surface area contributed by atoms with Crippen molar-refractivity contribution in [3.8, 4) is 0 Å². The lowest BCUT2D eigenvalue weighted by Gasteiger charge is -2.19. The van der Waals surface area contributed by atoms with Gasteiger partial charge in [0.25, 0.3) is 5.91 Å². The quantitative estimate of drug-likeness (QED) is 0.517. The van der Waals surface area contributed by atoms with Crippen molar-refractivity contribution in [2.75, 3.05) is 0 Å². The number of pyridine rings is 1. The van der Waals surface area contributed by atoms with Crippen LogP contribution in [-0.4, -0.2) is 25.0 Å². The highest BCUT2D eigenvalue weighted by Gasteiger charge is 2.24. The Kier molecular flexibility index (Phi) is 5.66. The van der Waals surface area contributed by atoms with Crippen LogP contribution in [0.3, 0.4) is 0 Å². The summed E-state index contributed by atoms with van der Waals surface area (Å²) >= 11 is 0. The minimum atomic E-state index is -0.581. The molecule has 0 saturated carbocycles. The first-order valence-electron chi connectivity index (χ1n) is 10.0. The van der Waals surface area contributed by atoms with E-state index in [-0.39, 0.29) is 11.7 Å². The zero-order chi connectivity index (χ0) is 22.0. The number of hydrogen-bond acceptors (Lipinski definition) is 3. The summed E-state index contributed by atoms with van der Waals surface area (Å²) in [4.78, 5) is 22.1. The van der Waals surface area contributed by atoms with Crippen molar-refractivity contribution < 1.29 is 9.18 Å². The predicted molar refractivity (Wildman–Crippen MR) is 116 cm³/mol. The number of imidazole rings is 1. The van der Waals surface area contributed by atoms with E-state index in [2.05, 4.69) is 19.9 Å². The van der Waals surface area contributed by atoms with Gasteiger partial charge in [0.15, 0.2) is 0 Å². The van der Waals surface area contributed by atoms with E-state index in [4.69, 9.17) is 0 Å². The Morgan fingerprint density at radius 1 is 1.10 bits per heavy atom. The third-order valence-corrected chi connectivity index (χ3v) is 5.44. The standard InChI is InChI=1S/C24H24FN5O/c1-16-13-21(17(2)30(16)15-20-9-4-5-10-26-20)24(31)28-22(23-27-11-12-29(23)3)18-7-6-8-19(25)14-18/h4-14,22H,15H2,1-3H3,(H,28,31). The third-order valence-electron chi connectivity index (χ3n) is 5.44. The van der Waals surface area contributed by atoms with Crippen LogP contribution in [-0.2, 0) is 13.6 Å². The Labute approximate surface area is 180 Å². The van der Waals surface area contributed by atoms with Gasteiger partial charge in [-0.2, -0.15) is 0 Å². The number of hydrogen-bond donors (Lipinski definition) is 1. The highest BCUT2D eigenvalue weighted by atomic mass is 19.1. The molecule has 0 aliphatic heterocycles. The van der Waals surface area contributed by atoms with Crippen LogP contribution < -0.4 is 5.32 Å². The average molecular weight is 417 g/mol. The first-order chi connectivity index (χ1) is 14.9. The van der Waals surface area contributed by atoms with Crippen molar-refractivity contribution in [2.45, 2.75) is 26.4 Å². The Balaban J connectivity index is 1.65. The molecule has 1 N–H and O–H groups in total. The van der Waals surface area contributed by atoms with Crippen molar-refractivity contribution >= 4 is 5.91 Å². The van der Waals surface area contributed by atoms with Gasteiger partial charge in [0.05, 0.1) is 17.8 Å².